The van der Waals surface area contributed by atoms with Crippen LogP contribution >= 0.6 is 0 Å². The highest BCUT2D eigenvalue weighted by molar-refractivity contribution is 5.89. The minimum Gasteiger partial charge on any atom is -0.378 e. The van der Waals surface area contributed by atoms with Gasteiger partial charge in [0, 0.05) is 13.1 Å². The molecule has 1 saturated carbocycles. The highest BCUT2D eigenvalue weighted by atomic mass is 16.5. The van der Waals surface area contributed by atoms with E-state index in [0.717, 1.165) is 32.4 Å². The van der Waals surface area contributed by atoms with Gasteiger partial charge in [0.15, 0.2) is 0 Å². The molecule has 1 saturated heterocycles. The van der Waals surface area contributed by atoms with Crippen molar-refractivity contribution >= 4 is 5.91 Å². The first-order valence-corrected chi connectivity index (χ1v) is 6.76. The van der Waals surface area contributed by atoms with Gasteiger partial charge in [-0.3, -0.25) is 4.79 Å². The van der Waals surface area contributed by atoms with E-state index in [2.05, 4.69) is 12.1 Å². The number of amides is 1. The molecule has 0 radical (unpaired) electrons. The largest absolute Gasteiger partial charge is 0.378 e. The molecule has 3 rings (SSSR count). The average Bonchev–Trinajstić information content (AvgIpc) is 2.40. The second-order valence-corrected chi connectivity index (χ2v) is 5.21. The van der Waals surface area contributed by atoms with Crippen molar-refractivity contribution in [3.8, 4) is 0 Å². The second kappa shape index (κ2) is 4.73. The quantitative estimate of drug-likeness (QED) is 0.797. The molecule has 1 aromatic carbocycles. The van der Waals surface area contributed by atoms with Gasteiger partial charge in [-0.05, 0) is 18.4 Å². The summed E-state index contributed by atoms with van der Waals surface area (Å²) < 4.78 is 5.33. The van der Waals surface area contributed by atoms with Crippen molar-refractivity contribution in [2.24, 2.45) is 0 Å². The molecule has 0 spiro atoms. The Morgan fingerprint density at radius 3 is 2.33 bits per heavy atom. The van der Waals surface area contributed by atoms with E-state index in [9.17, 15) is 4.79 Å². The lowest BCUT2D eigenvalue weighted by molar-refractivity contribution is -0.145. The summed E-state index contributed by atoms with van der Waals surface area (Å²) in [5.74, 6) is 0.309. The van der Waals surface area contributed by atoms with Crippen LogP contribution in [0.2, 0.25) is 0 Å². The Kier molecular flexibility index (Phi) is 3.08. The average molecular weight is 245 g/mol. The first kappa shape index (κ1) is 11.7. The predicted octanol–water partition coefficient (Wildman–Crippen LogP) is 1.97. The van der Waals surface area contributed by atoms with Gasteiger partial charge in [-0.1, -0.05) is 36.8 Å². The number of rotatable bonds is 2. The van der Waals surface area contributed by atoms with E-state index in [1.807, 2.05) is 23.1 Å². The predicted molar refractivity (Wildman–Crippen MR) is 69.4 cm³/mol. The van der Waals surface area contributed by atoms with Crippen molar-refractivity contribution < 1.29 is 9.53 Å². The number of benzene rings is 1. The maximum atomic E-state index is 12.8. The van der Waals surface area contributed by atoms with Gasteiger partial charge in [0.05, 0.1) is 18.6 Å². The van der Waals surface area contributed by atoms with E-state index in [1.54, 1.807) is 0 Å². The summed E-state index contributed by atoms with van der Waals surface area (Å²) in [6.45, 7) is 2.84. The molecule has 18 heavy (non-hydrogen) atoms. The number of nitrogens with zero attached hydrogens (tertiary/aromatic N) is 1. The molecular weight excluding hydrogens is 226 g/mol. The lowest BCUT2D eigenvalue weighted by Crippen LogP contribution is -2.53. The smallest absolute Gasteiger partial charge is 0.233 e. The third kappa shape index (κ3) is 1.83. The summed E-state index contributed by atoms with van der Waals surface area (Å²) in [5, 5.41) is 0. The topological polar surface area (TPSA) is 29.5 Å². The summed E-state index contributed by atoms with van der Waals surface area (Å²) in [4.78, 5) is 14.8. The van der Waals surface area contributed by atoms with Gasteiger partial charge in [0.1, 0.15) is 0 Å². The van der Waals surface area contributed by atoms with Crippen LogP contribution in [0.1, 0.15) is 24.8 Å². The van der Waals surface area contributed by atoms with Crippen molar-refractivity contribution in [2.75, 3.05) is 26.3 Å². The van der Waals surface area contributed by atoms with Crippen molar-refractivity contribution in [2.45, 2.75) is 24.7 Å². The number of morpholine rings is 1. The molecule has 2 fully saturated rings. The third-order valence-corrected chi connectivity index (χ3v) is 4.24. The summed E-state index contributed by atoms with van der Waals surface area (Å²) >= 11 is 0. The van der Waals surface area contributed by atoms with Gasteiger partial charge in [-0.25, -0.2) is 0 Å². The van der Waals surface area contributed by atoms with Crippen LogP contribution in [-0.4, -0.2) is 37.1 Å². The van der Waals surface area contributed by atoms with Gasteiger partial charge in [0.25, 0.3) is 0 Å². The van der Waals surface area contributed by atoms with Crippen LogP contribution in [-0.2, 0) is 14.9 Å². The van der Waals surface area contributed by atoms with Crippen LogP contribution in [0.5, 0.6) is 0 Å². The number of carbonyl (C=O) groups excluding carboxylic acids is 1. The lowest BCUT2D eigenvalue weighted by atomic mass is 9.63. The number of ether oxygens (including phenoxy) is 1. The molecule has 0 aromatic heterocycles. The Hall–Kier alpha value is -1.35. The molecule has 3 heteroatoms. The summed E-state index contributed by atoms with van der Waals surface area (Å²) in [6.07, 6.45) is 3.14. The van der Waals surface area contributed by atoms with Crippen molar-refractivity contribution in [3.05, 3.63) is 35.9 Å². The van der Waals surface area contributed by atoms with Crippen molar-refractivity contribution in [1.82, 2.24) is 4.90 Å². The highest BCUT2D eigenvalue weighted by Crippen LogP contribution is 2.45. The van der Waals surface area contributed by atoms with Gasteiger partial charge in [0.2, 0.25) is 5.91 Å². The van der Waals surface area contributed by atoms with Crippen molar-refractivity contribution in [3.63, 3.8) is 0 Å². The Labute approximate surface area is 108 Å². The van der Waals surface area contributed by atoms with Gasteiger partial charge in [-0.2, -0.15) is 0 Å². The normalized spacial score (nSPS) is 22.3. The molecule has 96 valence electrons. The van der Waals surface area contributed by atoms with E-state index < -0.39 is 0 Å². The fourth-order valence-corrected chi connectivity index (χ4v) is 2.98. The molecule has 0 unspecified atom stereocenters. The van der Waals surface area contributed by atoms with Crippen molar-refractivity contribution in [1.29, 1.82) is 0 Å². The zero-order valence-electron chi connectivity index (χ0n) is 10.6. The lowest BCUT2D eigenvalue weighted by Gasteiger charge is -2.44. The van der Waals surface area contributed by atoms with E-state index in [0.29, 0.717) is 19.1 Å². The van der Waals surface area contributed by atoms with E-state index in [1.165, 1.54) is 5.56 Å². The number of hydrogen-bond donors (Lipinski definition) is 0. The fourth-order valence-electron chi connectivity index (χ4n) is 2.98. The Balaban J connectivity index is 1.85. The zero-order valence-corrected chi connectivity index (χ0v) is 10.6. The first-order chi connectivity index (χ1) is 8.83. The molecule has 0 atom stereocenters. The Morgan fingerprint density at radius 2 is 1.78 bits per heavy atom. The second-order valence-electron chi connectivity index (χ2n) is 5.21. The Morgan fingerprint density at radius 1 is 1.11 bits per heavy atom. The van der Waals surface area contributed by atoms with E-state index in [-0.39, 0.29) is 5.41 Å². The zero-order chi connectivity index (χ0) is 12.4. The third-order valence-electron chi connectivity index (χ3n) is 4.24. The van der Waals surface area contributed by atoms with Crippen LogP contribution in [0, 0.1) is 0 Å². The van der Waals surface area contributed by atoms with Crippen LogP contribution in [0.25, 0.3) is 0 Å². The molecule has 1 heterocycles. The van der Waals surface area contributed by atoms with Crippen LogP contribution < -0.4 is 0 Å². The molecule has 2 aliphatic rings. The monoisotopic (exact) mass is 245 g/mol. The molecule has 3 nitrogen and oxygen atoms in total. The van der Waals surface area contributed by atoms with Crippen LogP contribution in [0.15, 0.2) is 30.3 Å². The summed E-state index contributed by atoms with van der Waals surface area (Å²) in [6, 6.07) is 10.3. The highest BCUT2D eigenvalue weighted by Gasteiger charge is 2.47. The van der Waals surface area contributed by atoms with Gasteiger partial charge in [-0.15, -0.1) is 0 Å². The maximum Gasteiger partial charge on any atom is 0.233 e. The first-order valence-electron chi connectivity index (χ1n) is 6.76. The van der Waals surface area contributed by atoms with Gasteiger partial charge >= 0.3 is 0 Å². The number of carbonyl (C=O) groups is 1. The fraction of sp³-hybridized carbons (Fsp3) is 0.533. The minimum atomic E-state index is -0.237. The molecule has 1 aromatic rings. The molecule has 0 N–H and O–H groups in total. The van der Waals surface area contributed by atoms with Gasteiger partial charge < -0.3 is 9.64 Å². The van der Waals surface area contributed by atoms with E-state index >= 15 is 0 Å². The Bertz CT molecular complexity index is 419. The summed E-state index contributed by atoms with van der Waals surface area (Å²) in [7, 11) is 0. The van der Waals surface area contributed by atoms with Crippen LogP contribution in [0.4, 0.5) is 0 Å². The van der Waals surface area contributed by atoms with Crippen LogP contribution in [0.3, 0.4) is 0 Å². The molecule has 1 aliphatic carbocycles. The summed E-state index contributed by atoms with van der Waals surface area (Å²) in [5.41, 5.74) is 0.950. The molecule has 0 bridgehead atoms. The molecule has 1 amide bonds. The SMILES string of the molecule is O=C(N1CCOCC1)C1(c2ccccc2)CCC1. The number of hydrogen-bond acceptors (Lipinski definition) is 2. The molecular formula is C15H19NO2. The maximum absolute atomic E-state index is 12.8. The minimum absolute atomic E-state index is 0.237. The molecule has 1 aliphatic heterocycles. The van der Waals surface area contributed by atoms with E-state index in [4.69, 9.17) is 4.74 Å². The standard InChI is InChI=1S/C15H19NO2/c17-14(16-9-11-18-12-10-16)15(7-4-8-15)13-5-2-1-3-6-13/h1-3,5-6H,4,7-12H2.